The van der Waals surface area contributed by atoms with E-state index in [4.69, 9.17) is 4.74 Å². The van der Waals surface area contributed by atoms with Crippen molar-refractivity contribution in [2.75, 3.05) is 31.6 Å². The van der Waals surface area contributed by atoms with Crippen LogP contribution < -0.4 is 10.6 Å². The first kappa shape index (κ1) is 12.9. The van der Waals surface area contributed by atoms with Crippen molar-refractivity contribution in [3.8, 4) is 0 Å². The van der Waals surface area contributed by atoms with Gasteiger partial charge in [0.05, 0.1) is 6.61 Å². The van der Waals surface area contributed by atoms with Crippen molar-refractivity contribution in [3.05, 3.63) is 29.8 Å². The van der Waals surface area contributed by atoms with Gasteiger partial charge in [0, 0.05) is 30.3 Å². The van der Waals surface area contributed by atoms with Crippen LogP contribution in [0.15, 0.2) is 24.3 Å². The Morgan fingerprint density at radius 3 is 3.16 bits per heavy atom. The quantitative estimate of drug-likeness (QED) is 0.873. The summed E-state index contributed by atoms with van der Waals surface area (Å²) in [5.74, 6) is 0.650. The molecule has 0 radical (unpaired) electrons. The molecule has 0 saturated carbocycles. The molecule has 2 unspecified atom stereocenters. The highest BCUT2D eigenvalue weighted by Gasteiger charge is 2.27. The standard InChI is InChI=1S/C16H24N2O/c1-16(8-4-10-19-12-16)18-9-7-13-11-17-15-6-3-2-5-14(13)15/h2-3,5-6,13,17-18H,4,7-12H2,1H3. The maximum atomic E-state index is 5.59. The van der Waals surface area contributed by atoms with Gasteiger partial charge in [0.15, 0.2) is 0 Å². The fraction of sp³-hybridized carbons (Fsp3) is 0.625. The number of hydrogen-bond donors (Lipinski definition) is 2. The lowest BCUT2D eigenvalue weighted by Gasteiger charge is -2.34. The van der Waals surface area contributed by atoms with E-state index >= 15 is 0 Å². The topological polar surface area (TPSA) is 33.3 Å². The molecule has 1 saturated heterocycles. The number of para-hydroxylation sites is 1. The number of rotatable bonds is 4. The summed E-state index contributed by atoms with van der Waals surface area (Å²) in [5.41, 5.74) is 2.98. The van der Waals surface area contributed by atoms with Crippen molar-refractivity contribution in [2.24, 2.45) is 0 Å². The SMILES string of the molecule is CC1(NCCC2CNc3ccccc32)CCCOC1. The van der Waals surface area contributed by atoms with Crippen molar-refractivity contribution in [1.29, 1.82) is 0 Å². The highest BCUT2D eigenvalue weighted by Crippen LogP contribution is 2.33. The summed E-state index contributed by atoms with van der Waals surface area (Å²) in [6.45, 7) is 6.21. The van der Waals surface area contributed by atoms with E-state index in [1.807, 2.05) is 0 Å². The average Bonchev–Trinajstić information content (AvgIpc) is 2.83. The van der Waals surface area contributed by atoms with Crippen LogP contribution in [-0.2, 0) is 4.74 Å². The van der Waals surface area contributed by atoms with E-state index in [-0.39, 0.29) is 5.54 Å². The molecule has 3 heteroatoms. The molecule has 2 N–H and O–H groups in total. The molecule has 2 aliphatic rings. The van der Waals surface area contributed by atoms with E-state index in [2.05, 4.69) is 41.8 Å². The molecule has 1 fully saturated rings. The van der Waals surface area contributed by atoms with Gasteiger partial charge in [-0.2, -0.15) is 0 Å². The minimum absolute atomic E-state index is 0.184. The Balaban J connectivity index is 1.51. The molecule has 0 aliphatic carbocycles. The zero-order valence-electron chi connectivity index (χ0n) is 11.7. The minimum atomic E-state index is 0.184. The van der Waals surface area contributed by atoms with Crippen molar-refractivity contribution >= 4 is 5.69 Å². The third-order valence-electron chi connectivity index (χ3n) is 4.42. The summed E-state index contributed by atoms with van der Waals surface area (Å²) >= 11 is 0. The van der Waals surface area contributed by atoms with Crippen molar-refractivity contribution in [1.82, 2.24) is 5.32 Å². The molecule has 1 aromatic rings. The smallest absolute Gasteiger partial charge is 0.0645 e. The van der Waals surface area contributed by atoms with E-state index in [1.54, 1.807) is 0 Å². The number of nitrogens with one attached hydrogen (secondary N) is 2. The second-order valence-corrected chi connectivity index (χ2v) is 6.10. The molecule has 19 heavy (non-hydrogen) atoms. The van der Waals surface area contributed by atoms with Gasteiger partial charge in [0.1, 0.15) is 0 Å². The number of benzene rings is 1. The molecular formula is C16H24N2O. The highest BCUT2D eigenvalue weighted by atomic mass is 16.5. The largest absolute Gasteiger partial charge is 0.384 e. The monoisotopic (exact) mass is 260 g/mol. The van der Waals surface area contributed by atoms with Gasteiger partial charge in [-0.3, -0.25) is 0 Å². The lowest BCUT2D eigenvalue weighted by atomic mass is 9.93. The molecule has 3 nitrogen and oxygen atoms in total. The highest BCUT2D eigenvalue weighted by molar-refractivity contribution is 5.57. The van der Waals surface area contributed by atoms with Gasteiger partial charge >= 0.3 is 0 Å². The molecule has 0 spiro atoms. The lowest BCUT2D eigenvalue weighted by Crippen LogP contribution is -2.49. The third kappa shape index (κ3) is 2.93. The summed E-state index contributed by atoms with van der Waals surface area (Å²) in [6.07, 6.45) is 3.60. The summed E-state index contributed by atoms with van der Waals surface area (Å²) in [5, 5.41) is 7.20. The first-order chi connectivity index (χ1) is 9.27. The van der Waals surface area contributed by atoms with Crippen LogP contribution in [0, 0.1) is 0 Å². The molecule has 2 aliphatic heterocycles. The van der Waals surface area contributed by atoms with Crippen LogP contribution >= 0.6 is 0 Å². The maximum absolute atomic E-state index is 5.59. The van der Waals surface area contributed by atoms with Gasteiger partial charge in [0.2, 0.25) is 0 Å². The Hall–Kier alpha value is -1.06. The predicted molar refractivity (Wildman–Crippen MR) is 78.8 cm³/mol. The molecule has 0 amide bonds. The second-order valence-electron chi connectivity index (χ2n) is 6.10. The fourth-order valence-electron chi connectivity index (χ4n) is 3.24. The molecule has 0 bridgehead atoms. The van der Waals surface area contributed by atoms with Crippen LogP contribution in [0.25, 0.3) is 0 Å². The average molecular weight is 260 g/mol. The van der Waals surface area contributed by atoms with Gasteiger partial charge in [-0.05, 0) is 44.4 Å². The van der Waals surface area contributed by atoms with Crippen LogP contribution in [0.5, 0.6) is 0 Å². The second kappa shape index (κ2) is 5.51. The predicted octanol–water partition coefficient (Wildman–Crippen LogP) is 2.74. The third-order valence-corrected chi connectivity index (χ3v) is 4.42. The van der Waals surface area contributed by atoms with Gasteiger partial charge < -0.3 is 15.4 Å². The normalized spacial score (nSPS) is 29.8. The van der Waals surface area contributed by atoms with Crippen LogP contribution in [0.2, 0.25) is 0 Å². The van der Waals surface area contributed by atoms with E-state index < -0.39 is 0 Å². The molecular weight excluding hydrogens is 236 g/mol. The summed E-state index contributed by atoms with van der Waals surface area (Å²) < 4.78 is 5.59. The van der Waals surface area contributed by atoms with E-state index in [1.165, 1.54) is 30.5 Å². The Morgan fingerprint density at radius 1 is 1.42 bits per heavy atom. The minimum Gasteiger partial charge on any atom is -0.384 e. The van der Waals surface area contributed by atoms with Gasteiger partial charge in [-0.1, -0.05) is 18.2 Å². The van der Waals surface area contributed by atoms with Crippen LogP contribution in [-0.4, -0.2) is 31.8 Å². The van der Waals surface area contributed by atoms with E-state index in [0.29, 0.717) is 5.92 Å². The van der Waals surface area contributed by atoms with Crippen LogP contribution in [0.3, 0.4) is 0 Å². The molecule has 3 rings (SSSR count). The summed E-state index contributed by atoms with van der Waals surface area (Å²) in [4.78, 5) is 0. The molecule has 1 aromatic carbocycles. The van der Waals surface area contributed by atoms with E-state index in [9.17, 15) is 0 Å². The van der Waals surface area contributed by atoms with Crippen LogP contribution in [0.1, 0.15) is 37.7 Å². The number of anilines is 1. The molecule has 2 heterocycles. The van der Waals surface area contributed by atoms with Gasteiger partial charge in [-0.15, -0.1) is 0 Å². The zero-order valence-corrected chi connectivity index (χ0v) is 11.7. The number of hydrogen-bond acceptors (Lipinski definition) is 3. The first-order valence-corrected chi connectivity index (χ1v) is 7.42. The van der Waals surface area contributed by atoms with Gasteiger partial charge in [-0.25, -0.2) is 0 Å². The maximum Gasteiger partial charge on any atom is 0.0645 e. The fourth-order valence-corrected chi connectivity index (χ4v) is 3.24. The Bertz CT molecular complexity index is 427. The van der Waals surface area contributed by atoms with Crippen molar-refractivity contribution in [3.63, 3.8) is 0 Å². The molecule has 104 valence electrons. The van der Waals surface area contributed by atoms with Crippen LogP contribution in [0.4, 0.5) is 5.69 Å². The summed E-state index contributed by atoms with van der Waals surface area (Å²) in [6, 6.07) is 8.68. The van der Waals surface area contributed by atoms with E-state index in [0.717, 1.165) is 26.3 Å². The number of ether oxygens (including phenoxy) is 1. The van der Waals surface area contributed by atoms with Gasteiger partial charge in [0.25, 0.3) is 0 Å². The Kier molecular flexibility index (Phi) is 3.76. The molecule has 0 aromatic heterocycles. The number of fused-ring (bicyclic) bond motifs is 1. The molecule has 2 atom stereocenters. The Morgan fingerprint density at radius 2 is 2.32 bits per heavy atom. The van der Waals surface area contributed by atoms with Crippen molar-refractivity contribution in [2.45, 2.75) is 37.6 Å². The van der Waals surface area contributed by atoms with Crippen molar-refractivity contribution < 1.29 is 4.74 Å². The first-order valence-electron chi connectivity index (χ1n) is 7.42. The Labute approximate surface area is 115 Å². The zero-order chi connectivity index (χ0) is 13.1. The summed E-state index contributed by atoms with van der Waals surface area (Å²) in [7, 11) is 0. The lowest BCUT2D eigenvalue weighted by molar-refractivity contribution is 0.0285.